The molecule has 1 heterocycles. The minimum Gasteiger partial charge on any atom is -0.356 e. The van der Waals surface area contributed by atoms with Crippen LogP contribution >= 0.6 is 11.3 Å². The van der Waals surface area contributed by atoms with E-state index in [1.165, 1.54) is 19.3 Å². The van der Waals surface area contributed by atoms with E-state index in [4.69, 9.17) is 0 Å². The molecule has 0 aliphatic carbocycles. The Morgan fingerprint density at radius 3 is 2.88 bits per heavy atom. The van der Waals surface area contributed by atoms with Gasteiger partial charge in [-0.15, -0.1) is 11.3 Å². The van der Waals surface area contributed by atoms with Crippen molar-refractivity contribution < 1.29 is 4.79 Å². The van der Waals surface area contributed by atoms with Gasteiger partial charge < -0.3 is 5.32 Å². The van der Waals surface area contributed by atoms with E-state index >= 15 is 0 Å². The first-order valence-electron chi connectivity index (χ1n) is 6.55. The highest BCUT2D eigenvalue weighted by molar-refractivity contribution is 7.10. The molecule has 1 aromatic heterocycles. The number of thiophene rings is 1. The third-order valence-corrected chi connectivity index (χ3v) is 3.92. The van der Waals surface area contributed by atoms with E-state index in [1.54, 1.807) is 11.3 Å². The van der Waals surface area contributed by atoms with Crippen LogP contribution in [0.5, 0.6) is 0 Å². The maximum atomic E-state index is 11.7. The summed E-state index contributed by atoms with van der Waals surface area (Å²) in [5.41, 5.74) is 0. The Labute approximate surface area is 108 Å². The molecule has 2 nitrogen and oxygen atoms in total. The van der Waals surface area contributed by atoms with Gasteiger partial charge in [0.15, 0.2) is 0 Å². The largest absolute Gasteiger partial charge is 0.356 e. The second-order valence-corrected chi connectivity index (χ2v) is 5.51. The van der Waals surface area contributed by atoms with Crippen LogP contribution in [0.2, 0.25) is 0 Å². The van der Waals surface area contributed by atoms with Crippen molar-refractivity contribution in [2.75, 3.05) is 6.54 Å². The number of unbranched alkanes of at least 4 members (excludes halogenated alkanes) is 1. The smallest absolute Gasteiger partial charge is 0.225 e. The third kappa shape index (κ3) is 5.87. The van der Waals surface area contributed by atoms with Gasteiger partial charge in [-0.2, -0.15) is 0 Å². The summed E-state index contributed by atoms with van der Waals surface area (Å²) in [5, 5.41) is 5.06. The minimum atomic E-state index is 0.155. The molecule has 1 N–H and O–H groups in total. The average Bonchev–Trinajstić information content (AvgIpc) is 2.82. The van der Waals surface area contributed by atoms with Gasteiger partial charge in [0.1, 0.15) is 0 Å². The molecule has 0 spiro atoms. The zero-order valence-electron chi connectivity index (χ0n) is 10.9. The van der Waals surface area contributed by atoms with E-state index in [0.717, 1.165) is 17.8 Å². The molecule has 0 aliphatic rings. The quantitative estimate of drug-likeness (QED) is 0.753. The number of amides is 1. The molecule has 17 heavy (non-hydrogen) atoms. The molecule has 96 valence electrons. The number of nitrogens with one attached hydrogen (secondary N) is 1. The van der Waals surface area contributed by atoms with E-state index in [1.807, 2.05) is 17.5 Å². The zero-order valence-corrected chi connectivity index (χ0v) is 11.7. The number of carbonyl (C=O) groups is 1. The first kappa shape index (κ1) is 14.2. The number of hydrogen-bond acceptors (Lipinski definition) is 2. The Balaban J connectivity index is 2.21. The SMILES string of the molecule is CCCC[C@@H](CC)CNC(=O)Cc1cccs1. The molecule has 0 fully saturated rings. The lowest BCUT2D eigenvalue weighted by molar-refractivity contribution is -0.120. The predicted octanol–water partition coefficient (Wildman–Crippen LogP) is 3.62. The van der Waals surface area contributed by atoms with Crippen LogP contribution in [0.25, 0.3) is 0 Å². The highest BCUT2D eigenvalue weighted by atomic mass is 32.1. The van der Waals surface area contributed by atoms with Crippen molar-refractivity contribution in [2.45, 2.75) is 46.0 Å². The predicted molar refractivity (Wildman–Crippen MR) is 74.3 cm³/mol. The molecular weight excluding hydrogens is 230 g/mol. The first-order chi connectivity index (χ1) is 8.26. The summed E-state index contributed by atoms with van der Waals surface area (Å²) in [4.78, 5) is 12.8. The Morgan fingerprint density at radius 2 is 2.29 bits per heavy atom. The highest BCUT2D eigenvalue weighted by Crippen LogP contribution is 2.12. The van der Waals surface area contributed by atoms with E-state index in [9.17, 15) is 4.79 Å². The van der Waals surface area contributed by atoms with Crippen LogP contribution in [-0.4, -0.2) is 12.5 Å². The highest BCUT2D eigenvalue weighted by Gasteiger charge is 2.09. The third-order valence-electron chi connectivity index (χ3n) is 3.05. The molecular formula is C14H23NOS. The Kier molecular flexibility index (Phi) is 6.94. The summed E-state index contributed by atoms with van der Waals surface area (Å²) in [7, 11) is 0. The van der Waals surface area contributed by atoms with Crippen molar-refractivity contribution in [2.24, 2.45) is 5.92 Å². The Bertz CT molecular complexity index is 308. The lowest BCUT2D eigenvalue weighted by Gasteiger charge is -2.15. The van der Waals surface area contributed by atoms with Crippen molar-refractivity contribution in [3.05, 3.63) is 22.4 Å². The fraction of sp³-hybridized carbons (Fsp3) is 0.643. The maximum absolute atomic E-state index is 11.7. The van der Waals surface area contributed by atoms with Crippen LogP contribution < -0.4 is 5.32 Å². The number of hydrogen-bond donors (Lipinski definition) is 1. The van der Waals surface area contributed by atoms with E-state index in [2.05, 4.69) is 19.2 Å². The van der Waals surface area contributed by atoms with Crippen molar-refractivity contribution in [3.8, 4) is 0 Å². The Morgan fingerprint density at radius 1 is 1.47 bits per heavy atom. The maximum Gasteiger partial charge on any atom is 0.225 e. The van der Waals surface area contributed by atoms with Gasteiger partial charge in [0.2, 0.25) is 5.91 Å². The van der Waals surface area contributed by atoms with Gasteiger partial charge >= 0.3 is 0 Å². The fourth-order valence-electron chi connectivity index (χ4n) is 1.84. The zero-order chi connectivity index (χ0) is 12.5. The first-order valence-corrected chi connectivity index (χ1v) is 7.43. The molecule has 0 unspecified atom stereocenters. The molecule has 1 amide bonds. The molecule has 0 aromatic carbocycles. The monoisotopic (exact) mass is 253 g/mol. The van der Waals surface area contributed by atoms with Gasteiger partial charge in [0.25, 0.3) is 0 Å². The number of rotatable bonds is 8. The summed E-state index contributed by atoms with van der Waals surface area (Å²) in [6.45, 7) is 5.24. The minimum absolute atomic E-state index is 0.155. The van der Waals surface area contributed by atoms with Gasteiger partial charge in [0, 0.05) is 11.4 Å². The lowest BCUT2D eigenvalue weighted by atomic mass is 9.99. The second-order valence-electron chi connectivity index (χ2n) is 4.48. The van der Waals surface area contributed by atoms with Gasteiger partial charge in [-0.1, -0.05) is 39.2 Å². The van der Waals surface area contributed by atoms with E-state index in [-0.39, 0.29) is 5.91 Å². The second kappa shape index (κ2) is 8.29. The normalized spacial score (nSPS) is 12.4. The fourth-order valence-corrected chi connectivity index (χ4v) is 2.54. The van der Waals surface area contributed by atoms with Crippen molar-refractivity contribution in [1.82, 2.24) is 5.32 Å². The Hall–Kier alpha value is -0.830. The summed E-state index contributed by atoms with van der Waals surface area (Å²) < 4.78 is 0. The molecule has 1 aromatic rings. The van der Waals surface area contributed by atoms with E-state index in [0.29, 0.717) is 12.3 Å². The van der Waals surface area contributed by atoms with Crippen molar-refractivity contribution in [3.63, 3.8) is 0 Å². The standard InChI is InChI=1S/C14H23NOS/c1-3-5-7-12(4-2)11-15-14(16)10-13-8-6-9-17-13/h6,8-9,12H,3-5,7,10-11H2,1-2H3,(H,15,16)/t12-/m1/s1. The summed E-state index contributed by atoms with van der Waals surface area (Å²) in [5.74, 6) is 0.796. The van der Waals surface area contributed by atoms with Crippen LogP contribution in [0.15, 0.2) is 17.5 Å². The molecule has 1 rings (SSSR count). The topological polar surface area (TPSA) is 29.1 Å². The summed E-state index contributed by atoms with van der Waals surface area (Å²) >= 11 is 1.64. The molecule has 3 heteroatoms. The molecule has 0 saturated carbocycles. The molecule has 1 atom stereocenters. The molecule has 0 saturated heterocycles. The van der Waals surface area contributed by atoms with Gasteiger partial charge in [-0.05, 0) is 23.8 Å². The van der Waals surface area contributed by atoms with Crippen LogP contribution in [-0.2, 0) is 11.2 Å². The van der Waals surface area contributed by atoms with Crippen molar-refractivity contribution >= 4 is 17.2 Å². The van der Waals surface area contributed by atoms with Crippen molar-refractivity contribution in [1.29, 1.82) is 0 Å². The average molecular weight is 253 g/mol. The van der Waals surface area contributed by atoms with E-state index < -0.39 is 0 Å². The molecule has 0 aliphatic heterocycles. The molecule has 0 radical (unpaired) electrons. The van der Waals surface area contributed by atoms with Crippen LogP contribution in [0, 0.1) is 5.92 Å². The van der Waals surface area contributed by atoms with Gasteiger partial charge in [-0.3, -0.25) is 4.79 Å². The van der Waals surface area contributed by atoms with Gasteiger partial charge in [-0.25, -0.2) is 0 Å². The van der Waals surface area contributed by atoms with Crippen LogP contribution in [0.1, 0.15) is 44.4 Å². The summed E-state index contributed by atoms with van der Waals surface area (Å²) in [6.07, 6.45) is 5.41. The molecule has 0 bridgehead atoms. The van der Waals surface area contributed by atoms with Gasteiger partial charge in [0.05, 0.1) is 6.42 Å². The summed E-state index contributed by atoms with van der Waals surface area (Å²) in [6, 6.07) is 4.00. The van der Waals surface area contributed by atoms with Crippen LogP contribution in [0.4, 0.5) is 0 Å². The lowest BCUT2D eigenvalue weighted by Crippen LogP contribution is -2.30. The van der Waals surface area contributed by atoms with Crippen LogP contribution in [0.3, 0.4) is 0 Å². The number of carbonyl (C=O) groups excluding carboxylic acids is 1.